The second kappa shape index (κ2) is 8.64. The number of ether oxygens (including phenoxy) is 2. The number of hydrogen-bond acceptors (Lipinski definition) is 4. The van der Waals surface area contributed by atoms with Gasteiger partial charge < -0.3 is 19.3 Å². The van der Waals surface area contributed by atoms with Gasteiger partial charge in [-0.05, 0) is 77.5 Å². The third-order valence-corrected chi connectivity index (χ3v) is 5.69. The molecule has 0 aromatic heterocycles. The number of benzene rings is 1. The molecule has 2 aliphatic heterocycles. The monoisotopic (exact) mass is 402 g/mol. The third-order valence-electron chi connectivity index (χ3n) is 5.69. The number of carbonyl (C=O) groups is 2. The lowest BCUT2D eigenvalue weighted by Gasteiger charge is -2.35. The Balaban J connectivity index is 1.64. The topological polar surface area (TPSA) is 59.1 Å². The molecule has 29 heavy (non-hydrogen) atoms. The van der Waals surface area contributed by atoms with E-state index in [0.717, 1.165) is 49.1 Å². The second-order valence-electron chi connectivity index (χ2n) is 9.24. The third kappa shape index (κ3) is 5.22. The Labute approximate surface area is 174 Å². The zero-order valence-electron chi connectivity index (χ0n) is 18.4. The van der Waals surface area contributed by atoms with Gasteiger partial charge in [-0.3, -0.25) is 4.79 Å². The van der Waals surface area contributed by atoms with Crippen LogP contribution in [-0.4, -0.2) is 59.2 Å². The molecule has 0 bridgehead atoms. The minimum Gasteiger partial charge on any atom is -0.483 e. The quantitative estimate of drug-likeness (QED) is 0.762. The molecule has 0 radical (unpaired) electrons. The minimum atomic E-state index is -0.519. The van der Waals surface area contributed by atoms with Gasteiger partial charge in [0.05, 0.1) is 12.1 Å². The molecule has 1 aromatic rings. The number of rotatable bonds is 4. The number of nitrogens with zero attached hydrogens (tertiary/aromatic N) is 2. The first-order valence-electron chi connectivity index (χ1n) is 10.6. The Morgan fingerprint density at radius 3 is 2.31 bits per heavy atom. The Morgan fingerprint density at radius 2 is 1.66 bits per heavy atom. The van der Waals surface area contributed by atoms with Crippen LogP contribution in [0.25, 0.3) is 0 Å². The second-order valence-corrected chi connectivity index (χ2v) is 9.24. The molecule has 0 saturated carbocycles. The molecule has 2 aliphatic rings. The van der Waals surface area contributed by atoms with Crippen molar-refractivity contribution >= 4 is 12.0 Å². The smallest absolute Gasteiger partial charge is 0.410 e. The summed E-state index contributed by atoms with van der Waals surface area (Å²) in [5.74, 6) is 0.745. The lowest BCUT2D eigenvalue weighted by molar-refractivity contribution is -0.135. The fourth-order valence-electron chi connectivity index (χ4n) is 4.33. The van der Waals surface area contributed by atoms with Gasteiger partial charge in [-0.2, -0.15) is 0 Å². The van der Waals surface area contributed by atoms with E-state index in [1.807, 2.05) is 62.6 Å². The van der Waals surface area contributed by atoms with Crippen LogP contribution in [0.1, 0.15) is 57.6 Å². The highest BCUT2D eigenvalue weighted by atomic mass is 16.6. The van der Waals surface area contributed by atoms with Gasteiger partial charge >= 0.3 is 6.09 Å². The highest BCUT2D eigenvalue weighted by molar-refractivity contribution is 5.79. The summed E-state index contributed by atoms with van der Waals surface area (Å²) >= 11 is 0. The van der Waals surface area contributed by atoms with Crippen molar-refractivity contribution in [2.75, 3.05) is 19.7 Å². The number of amides is 2. The predicted octanol–water partition coefficient (Wildman–Crippen LogP) is 4.07. The van der Waals surface area contributed by atoms with Crippen molar-refractivity contribution in [2.45, 2.75) is 78.0 Å². The van der Waals surface area contributed by atoms with E-state index in [0.29, 0.717) is 6.54 Å². The van der Waals surface area contributed by atoms with E-state index in [-0.39, 0.29) is 30.7 Å². The van der Waals surface area contributed by atoms with Crippen LogP contribution in [0.4, 0.5) is 4.79 Å². The zero-order valence-corrected chi connectivity index (χ0v) is 18.4. The molecule has 6 nitrogen and oxygen atoms in total. The summed E-state index contributed by atoms with van der Waals surface area (Å²) in [6.45, 7) is 11.1. The molecule has 6 heteroatoms. The summed E-state index contributed by atoms with van der Waals surface area (Å²) in [6.07, 6.45) is 3.45. The van der Waals surface area contributed by atoms with E-state index < -0.39 is 5.60 Å². The van der Waals surface area contributed by atoms with Crippen molar-refractivity contribution in [1.29, 1.82) is 0 Å². The van der Waals surface area contributed by atoms with Crippen LogP contribution in [0.3, 0.4) is 0 Å². The molecule has 2 heterocycles. The van der Waals surface area contributed by atoms with Crippen LogP contribution in [-0.2, 0) is 9.53 Å². The zero-order chi connectivity index (χ0) is 21.2. The van der Waals surface area contributed by atoms with Gasteiger partial charge in [0, 0.05) is 13.1 Å². The number of hydrogen-bond donors (Lipinski definition) is 0. The van der Waals surface area contributed by atoms with Gasteiger partial charge in [0.15, 0.2) is 6.61 Å². The van der Waals surface area contributed by atoms with Crippen LogP contribution in [0.5, 0.6) is 5.75 Å². The van der Waals surface area contributed by atoms with Crippen molar-refractivity contribution in [3.63, 3.8) is 0 Å². The number of likely N-dealkylation sites (tertiary alicyclic amines) is 2. The van der Waals surface area contributed by atoms with E-state index in [4.69, 9.17) is 9.47 Å². The predicted molar refractivity (Wildman–Crippen MR) is 112 cm³/mol. The van der Waals surface area contributed by atoms with Crippen molar-refractivity contribution in [3.8, 4) is 5.75 Å². The summed E-state index contributed by atoms with van der Waals surface area (Å²) < 4.78 is 11.4. The first kappa shape index (κ1) is 21.5. The number of carbonyl (C=O) groups excluding carboxylic acids is 2. The Hall–Kier alpha value is -2.24. The summed E-state index contributed by atoms with van der Waals surface area (Å²) in [5.41, 5.74) is 1.61. The van der Waals surface area contributed by atoms with Crippen LogP contribution >= 0.6 is 0 Å². The van der Waals surface area contributed by atoms with E-state index in [9.17, 15) is 9.59 Å². The highest BCUT2D eigenvalue weighted by Crippen LogP contribution is 2.31. The maximum Gasteiger partial charge on any atom is 0.410 e. The summed E-state index contributed by atoms with van der Waals surface area (Å²) in [5, 5.41) is 0. The van der Waals surface area contributed by atoms with Crippen LogP contribution in [0, 0.1) is 13.8 Å². The van der Waals surface area contributed by atoms with Crippen LogP contribution in [0.2, 0.25) is 0 Å². The van der Waals surface area contributed by atoms with Gasteiger partial charge in [-0.1, -0.05) is 12.1 Å². The molecule has 2 fully saturated rings. The molecular formula is C23H34N2O4. The molecular weight excluding hydrogens is 368 g/mol. The molecule has 0 aliphatic carbocycles. The number of aryl methyl sites for hydroxylation is 2. The first-order chi connectivity index (χ1) is 13.7. The summed E-state index contributed by atoms with van der Waals surface area (Å²) in [6, 6.07) is 6.07. The average molecular weight is 403 g/mol. The van der Waals surface area contributed by atoms with E-state index >= 15 is 0 Å². The molecule has 0 unspecified atom stereocenters. The van der Waals surface area contributed by atoms with Crippen molar-refractivity contribution < 1.29 is 19.1 Å². The largest absolute Gasteiger partial charge is 0.483 e. The van der Waals surface area contributed by atoms with Crippen LogP contribution < -0.4 is 4.74 Å². The Bertz CT molecular complexity index is 756. The Kier molecular flexibility index (Phi) is 6.39. The van der Waals surface area contributed by atoms with E-state index in [1.54, 1.807) is 0 Å². The maximum atomic E-state index is 13.0. The lowest BCUT2D eigenvalue weighted by atomic mass is 10.0. The molecule has 2 amide bonds. The lowest BCUT2D eigenvalue weighted by Crippen LogP contribution is -2.51. The van der Waals surface area contributed by atoms with E-state index in [1.165, 1.54) is 0 Å². The van der Waals surface area contributed by atoms with Crippen molar-refractivity contribution in [3.05, 3.63) is 29.3 Å². The normalized spacial score (nSPS) is 22.1. The molecule has 160 valence electrons. The molecule has 3 rings (SSSR count). The molecule has 1 aromatic carbocycles. The SMILES string of the molecule is Cc1ccc(C)c(OCC(=O)N2CCC[C@@H]2[C@@H]2CCCN2C(=O)OC(C)(C)C)c1. The van der Waals surface area contributed by atoms with E-state index in [2.05, 4.69) is 0 Å². The summed E-state index contributed by atoms with van der Waals surface area (Å²) in [4.78, 5) is 29.4. The highest BCUT2D eigenvalue weighted by Gasteiger charge is 2.42. The summed E-state index contributed by atoms with van der Waals surface area (Å²) in [7, 11) is 0. The van der Waals surface area contributed by atoms with Crippen molar-refractivity contribution in [1.82, 2.24) is 9.80 Å². The molecule has 0 spiro atoms. The molecule has 0 N–H and O–H groups in total. The van der Waals surface area contributed by atoms with Gasteiger partial charge in [0.25, 0.3) is 5.91 Å². The van der Waals surface area contributed by atoms with Gasteiger partial charge in [0.1, 0.15) is 11.4 Å². The fraction of sp³-hybridized carbons (Fsp3) is 0.652. The molecule has 2 atom stereocenters. The minimum absolute atomic E-state index is 0.00977. The van der Waals surface area contributed by atoms with Crippen LogP contribution in [0.15, 0.2) is 18.2 Å². The first-order valence-corrected chi connectivity index (χ1v) is 10.6. The van der Waals surface area contributed by atoms with Gasteiger partial charge in [-0.25, -0.2) is 4.79 Å². The van der Waals surface area contributed by atoms with Gasteiger partial charge in [0.2, 0.25) is 0 Å². The van der Waals surface area contributed by atoms with Gasteiger partial charge in [-0.15, -0.1) is 0 Å². The average Bonchev–Trinajstić information content (AvgIpc) is 3.29. The fourth-order valence-corrected chi connectivity index (χ4v) is 4.33. The Morgan fingerprint density at radius 1 is 1.03 bits per heavy atom. The van der Waals surface area contributed by atoms with Crippen molar-refractivity contribution in [2.24, 2.45) is 0 Å². The standard InChI is InChI=1S/C23H34N2O4/c1-16-10-11-17(2)20(14-16)28-15-21(26)24-12-6-8-18(24)19-9-7-13-25(19)22(27)29-23(3,4)5/h10-11,14,18-19H,6-9,12-13,15H2,1-5H3/t18-,19+/m1/s1. The maximum absolute atomic E-state index is 13.0. The molecule has 2 saturated heterocycles.